The topological polar surface area (TPSA) is 40.5 Å². The van der Waals surface area contributed by atoms with Gasteiger partial charge in [-0.1, -0.05) is 0 Å². The summed E-state index contributed by atoms with van der Waals surface area (Å²) in [7, 11) is 0. The van der Waals surface area contributed by atoms with Crippen LogP contribution in [0.2, 0.25) is 0 Å². The van der Waals surface area contributed by atoms with Crippen LogP contribution in [0.15, 0.2) is 30.5 Å². The molecule has 0 N–H and O–H groups in total. The van der Waals surface area contributed by atoms with Gasteiger partial charge in [0.05, 0.1) is 5.52 Å². The Labute approximate surface area is 105 Å². The molecule has 1 atom stereocenters. The van der Waals surface area contributed by atoms with Gasteiger partial charge in [-0.3, -0.25) is 0 Å². The third-order valence-corrected chi connectivity index (χ3v) is 3.24. The third kappa shape index (κ3) is 1.55. The van der Waals surface area contributed by atoms with Crippen LogP contribution in [0.3, 0.4) is 0 Å². The first kappa shape index (κ1) is 9.95. The maximum absolute atomic E-state index is 10.9. The van der Waals surface area contributed by atoms with Crippen molar-refractivity contribution in [2.45, 2.75) is 6.23 Å². The molecule has 5 heteroatoms. The number of hydrogen-bond acceptors (Lipinski definition) is 3. The van der Waals surface area contributed by atoms with E-state index in [9.17, 15) is 4.79 Å². The van der Waals surface area contributed by atoms with Crippen LogP contribution in [0.1, 0.15) is 6.23 Å². The van der Waals surface area contributed by atoms with Crippen LogP contribution >= 0.6 is 22.6 Å². The molecule has 16 heavy (non-hydrogen) atoms. The summed E-state index contributed by atoms with van der Waals surface area (Å²) in [4.78, 5) is 10.9. The molecule has 0 amide bonds. The quantitative estimate of drug-likeness (QED) is 0.597. The number of benzene rings is 1. The van der Waals surface area contributed by atoms with Crippen molar-refractivity contribution >= 4 is 39.6 Å². The highest BCUT2D eigenvalue weighted by Crippen LogP contribution is 2.25. The van der Waals surface area contributed by atoms with Crippen LogP contribution in [0.4, 0.5) is 4.79 Å². The second-order valence-electron chi connectivity index (χ2n) is 3.56. The van der Waals surface area contributed by atoms with Crippen LogP contribution in [-0.2, 0) is 9.47 Å². The summed E-state index contributed by atoms with van der Waals surface area (Å²) in [5.41, 5.74) is 1.05. The van der Waals surface area contributed by atoms with Gasteiger partial charge < -0.3 is 14.0 Å². The number of ether oxygens (including phenoxy) is 2. The summed E-state index contributed by atoms with van der Waals surface area (Å²) < 4.78 is 12.9. The fourth-order valence-corrected chi connectivity index (χ4v) is 2.36. The highest BCUT2D eigenvalue weighted by Gasteiger charge is 2.26. The van der Waals surface area contributed by atoms with E-state index in [4.69, 9.17) is 9.47 Å². The zero-order chi connectivity index (χ0) is 11.1. The SMILES string of the molecule is O=C1OCC(n2ccc3cc(I)ccc32)O1. The minimum absolute atomic E-state index is 0.272. The Kier molecular flexibility index (Phi) is 2.27. The van der Waals surface area contributed by atoms with Gasteiger partial charge in [-0.2, -0.15) is 0 Å². The second kappa shape index (κ2) is 3.65. The van der Waals surface area contributed by atoms with E-state index in [1.807, 2.05) is 29.0 Å². The molecular weight excluding hydrogens is 321 g/mol. The molecule has 0 spiro atoms. The number of halogens is 1. The van der Waals surface area contributed by atoms with Crippen molar-refractivity contribution < 1.29 is 14.3 Å². The lowest BCUT2D eigenvalue weighted by atomic mass is 10.2. The molecule has 1 unspecified atom stereocenters. The third-order valence-electron chi connectivity index (χ3n) is 2.57. The molecule has 0 radical (unpaired) electrons. The van der Waals surface area contributed by atoms with Gasteiger partial charge in [0, 0.05) is 15.2 Å². The summed E-state index contributed by atoms with van der Waals surface area (Å²) in [5, 5.41) is 1.13. The highest BCUT2D eigenvalue weighted by molar-refractivity contribution is 14.1. The van der Waals surface area contributed by atoms with E-state index in [-0.39, 0.29) is 12.8 Å². The summed E-state index contributed by atoms with van der Waals surface area (Å²) >= 11 is 2.27. The summed E-state index contributed by atoms with van der Waals surface area (Å²) in [5.74, 6) is 0. The lowest BCUT2D eigenvalue weighted by molar-refractivity contribution is 0.0979. The molecule has 0 saturated carbocycles. The van der Waals surface area contributed by atoms with Gasteiger partial charge in [0.25, 0.3) is 0 Å². The molecule has 0 aliphatic carbocycles. The van der Waals surface area contributed by atoms with Crippen LogP contribution in [0.25, 0.3) is 10.9 Å². The normalized spacial score (nSPS) is 19.8. The van der Waals surface area contributed by atoms with E-state index in [1.54, 1.807) is 0 Å². The number of hydrogen-bond donors (Lipinski definition) is 0. The summed E-state index contributed by atoms with van der Waals surface area (Å²) in [6.07, 6.45) is 0.968. The number of carbonyl (C=O) groups is 1. The van der Waals surface area contributed by atoms with E-state index >= 15 is 0 Å². The van der Waals surface area contributed by atoms with Gasteiger partial charge in [0.1, 0.15) is 0 Å². The van der Waals surface area contributed by atoms with E-state index in [0.29, 0.717) is 0 Å². The maximum atomic E-state index is 10.9. The largest absolute Gasteiger partial charge is 0.510 e. The van der Waals surface area contributed by atoms with Gasteiger partial charge in [-0.15, -0.1) is 0 Å². The minimum atomic E-state index is -0.600. The Hall–Kier alpha value is -1.24. The van der Waals surface area contributed by atoms with Gasteiger partial charge in [-0.25, -0.2) is 4.79 Å². The molecule has 1 aliphatic heterocycles. The molecule has 82 valence electrons. The average molecular weight is 329 g/mol. The molecule has 1 aliphatic rings. The minimum Gasteiger partial charge on any atom is -0.428 e. The van der Waals surface area contributed by atoms with Crippen molar-refractivity contribution in [1.29, 1.82) is 0 Å². The predicted molar refractivity (Wildman–Crippen MR) is 66.1 cm³/mol. The second-order valence-corrected chi connectivity index (χ2v) is 4.81. The van der Waals surface area contributed by atoms with Crippen molar-refractivity contribution in [2.75, 3.05) is 6.61 Å². The summed E-state index contributed by atoms with van der Waals surface area (Å²) in [6, 6.07) is 8.13. The zero-order valence-corrected chi connectivity index (χ0v) is 10.4. The van der Waals surface area contributed by atoms with Crippen LogP contribution in [0.5, 0.6) is 0 Å². The molecule has 0 bridgehead atoms. The first-order valence-corrected chi connectivity index (χ1v) is 5.91. The van der Waals surface area contributed by atoms with Crippen LogP contribution in [0, 0.1) is 3.57 Å². The number of rotatable bonds is 1. The standard InChI is InChI=1S/C11H8INO3/c12-8-1-2-9-7(5-8)3-4-13(9)10-6-15-11(14)16-10/h1-5,10H,6H2. The van der Waals surface area contributed by atoms with Crippen molar-refractivity contribution in [3.8, 4) is 0 Å². The van der Waals surface area contributed by atoms with E-state index in [2.05, 4.69) is 28.7 Å². The van der Waals surface area contributed by atoms with Crippen LogP contribution in [-0.4, -0.2) is 17.3 Å². The molecule has 1 saturated heterocycles. The van der Waals surface area contributed by atoms with Crippen molar-refractivity contribution in [3.05, 3.63) is 34.0 Å². The van der Waals surface area contributed by atoms with Gasteiger partial charge in [0.2, 0.25) is 6.23 Å². The number of aromatic nitrogens is 1. The fraction of sp³-hybridized carbons (Fsp3) is 0.182. The van der Waals surface area contributed by atoms with E-state index < -0.39 is 6.16 Å². The maximum Gasteiger partial charge on any atom is 0.510 e. The number of nitrogens with zero attached hydrogens (tertiary/aromatic N) is 1. The van der Waals surface area contributed by atoms with Crippen molar-refractivity contribution in [3.63, 3.8) is 0 Å². The van der Waals surface area contributed by atoms with E-state index in [1.165, 1.54) is 3.57 Å². The van der Waals surface area contributed by atoms with E-state index in [0.717, 1.165) is 10.9 Å². The van der Waals surface area contributed by atoms with Crippen LogP contribution < -0.4 is 0 Å². The molecule has 1 fully saturated rings. The van der Waals surface area contributed by atoms with Gasteiger partial charge in [0.15, 0.2) is 6.61 Å². The number of carbonyl (C=O) groups excluding carboxylic acids is 1. The Balaban J connectivity index is 2.07. The average Bonchev–Trinajstić information content (AvgIpc) is 2.83. The molecule has 1 aromatic heterocycles. The number of fused-ring (bicyclic) bond motifs is 1. The van der Waals surface area contributed by atoms with Crippen molar-refractivity contribution in [2.24, 2.45) is 0 Å². The molecule has 2 heterocycles. The Morgan fingerprint density at radius 2 is 2.25 bits per heavy atom. The predicted octanol–water partition coefficient (Wildman–Crippen LogP) is 2.91. The lowest BCUT2D eigenvalue weighted by Gasteiger charge is -2.09. The Morgan fingerprint density at radius 1 is 1.38 bits per heavy atom. The molecule has 4 nitrogen and oxygen atoms in total. The molecule has 3 rings (SSSR count). The molecule has 2 aromatic rings. The smallest absolute Gasteiger partial charge is 0.428 e. The molecular formula is C11H8INO3. The monoisotopic (exact) mass is 329 g/mol. The van der Waals surface area contributed by atoms with Gasteiger partial charge >= 0.3 is 6.16 Å². The fourth-order valence-electron chi connectivity index (χ4n) is 1.84. The Bertz CT molecular complexity index is 563. The van der Waals surface area contributed by atoms with Crippen molar-refractivity contribution in [1.82, 2.24) is 4.57 Å². The lowest BCUT2D eigenvalue weighted by Crippen LogP contribution is -2.09. The zero-order valence-electron chi connectivity index (χ0n) is 8.22. The Morgan fingerprint density at radius 3 is 3.00 bits per heavy atom. The number of cyclic esters (lactones) is 2. The first-order chi connectivity index (χ1) is 7.74. The highest BCUT2D eigenvalue weighted by atomic mass is 127. The first-order valence-electron chi connectivity index (χ1n) is 4.83. The summed E-state index contributed by atoms with van der Waals surface area (Å²) in [6.45, 7) is 0.272. The van der Waals surface area contributed by atoms with Gasteiger partial charge in [-0.05, 0) is 46.9 Å². The molecule has 1 aromatic carbocycles.